The average molecular weight is 551 g/mol. The van der Waals surface area contributed by atoms with Crippen LogP contribution in [0.5, 0.6) is 0 Å². The van der Waals surface area contributed by atoms with E-state index in [-0.39, 0.29) is 34.7 Å². The lowest BCUT2D eigenvalue weighted by Crippen LogP contribution is -2.49. The molecular weight excluding hydrogens is 518 g/mol. The number of nitrogens with zero attached hydrogens (tertiary/aromatic N) is 7. The van der Waals surface area contributed by atoms with Crippen molar-refractivity contribution in [2.75, 3.05) is 51.8 Å². The Morgan fingerprint density at radius 2 is 1.82 bits per heavy atom. The minimum Gasteiger partial charge on any atom is -0.383 e. The first-order valence-corrected chi connectivity index (χ1v) is 13.2. The van der Waals surface area contributed by atoms with Crippen molar-refractivity contribution >= 4 is 28.7 Å². The normalized spacial score (nSPS) is 14.3. The summed E-state index contributed by atoms with van der Waals surface area (Å²) in [5, 5.41) is 2.94. The molecule has 4 aromatic rings. The number of halogens is 2. The van der Waals surface area contributed by atoms with Gasteiger partial charge in [-0.2, -0.15) is 0 Å². The number of aromatic nitrogens is 5. The van der Waals surface area contributed by atoms with Crippen molar-refractivity contribution in [1.29, 1.82) is 0 Å². The first-order valence-electron chi connectivity index (χ1n) is 13.2. The Morgan fingerprint density at radius 3 is 2.50 bits per heavy atom. The van der Waals surface area contributed by atoms with E-state index >= 15 is 0 Å². The number of rotatable bonds is 8. The number of amides is 1. The fourth-order valence-electron chi connectivity index (χ4n) is 4.97. The molecule has 1 N–H and O–H groups in total. The second-order valence-electron chi connectivity index (χ2n) is 10.0. The zero-order chi connectivity index (χ0) is 28.4. The van der Waals surface area contributed by atoms with E-state index in [9.17, 15) is 13.6 Å². The van der Waals surface area contributed by atoms with Gasteiger partial charge in [0, 0.05) is 57.6 Å². The molecule has 1 aliphatic heterocycles. The van der Waals surface area contributed by atoms with Crippen LogP contribution in [-0.2, 0) is 4.74 Å². The van der Waals surface area contributed by atoms with Gasteiger partial charge in [0.25, 0.3) is 5.91 Å². The van der Waals surface area contributed by atoms with Gasteiger partial charge in [-0.05, 0) is 45.0 Å². The van der Waals surface area contributed by atoms with Gasteiger partial charge in [-0.15, -0.1) is 0 Å². The Bertz CT molecular complexity index is 1520. The Kier molecular flexibility index (Phi) is 7.99. The highest BCUT2D eigenvalue weighted by molar-refractivity contribution is 5.94. The summed E-state index contributed by atoms with van der Waals surface area (Å²) in [6, 6.07) is 6.27. The summed E-state index contributed by atoms with van der Waals surface area (Å²) in [4.78, 5) is 34.0. The van der Waals surface area contributed by atoms with E-state index in [0.29, 0.717) is 42.4 Å². The number of benzene rings is 1. The van der Waals surface area contributed by atoms with E-state index in [1.165, 1.54) is 12.3 Å². The molecule has 1 amide bonds. The molecular formula is C28H32F2N8O2. The van der Waals surface area contributed by atoms with Crippen LogP contribution in [0.3, 0.4) is 0 Å². The van der Waals surface area contributed by atoms with Crippen LogP contribution in [0, 0.1) is 18.6 Å². The summed E-state index contributed by atoms with van der Waals surface area (Å²) < 4.78 is 36.8. The van der Waals surface area contributed by atoms with Crippen molar-refractivity contribution in [2.24, 2.45) is 0 Å². The van der Waals surface area contributed by atoms with Gasteiger partial charge in [-0.1, -0.05) is 0 Å². The molecule has 210 valence electrons. The molecule has 1 fully saturated rings. The Balaban J connectivity index is 1.32. The van der Waals surface area contributed by atoms with Crippen LogP contribution in [0.15, 0.2) is 36.7 Å². The number of nitrogens with one attached hydrogen (secondary N) is 1. The highest BCUT2D eigenvalue weighted by Crippen LogP contribution is 2.30. The van der Waals surface area contributed by atoms with E-state index in [2.05, 4.69) is 30.2 Å². The van der Waals surface area contributed by atoms with Gasteiger partial charge in [0.2, 0.25) is 5.95 Å². The van der Waals surface area contributed by atoms with Crippen molar-refractivity contribution < 1.29 is 18.3 Å². The Morgan fingerprint density at radius 1 is 1.05 bits per heavy atom. The number of ether oxygens (including phenoxy) is 1. The van der Waals surface area contributed by atoms with E-state index in [4.69, 9.17) is 4.74 Å². The maximum absolute atomic E-state index is 15.0. The lowest BCUT2D eigenvalue weighted by molar-refractivity contribution is 0.0594. The van der Waals surface area contributed by atoms with Gasteiger partial charge < -0.3 is 19.5 Å². The van der Waals surface area contributed by atoms with E-state index < -0.39 is 11.6 Å². The summed E-state index contributed by atoms with van der Waals surface area (Å²) in [5.41, 5.74) is 1.48. The molecule has 0 spiro atoms. The van der Waals surface area contributed by atoms with E-state index in [1.54, 1.807) is 25.3 Å². The highest BCUT2D eigenvalue weighted by atomic mass is 19.1. The average Bonchev–Trinajstić information content (AvgIpc) is 3.30. The molecule has 40 heavy (non-hydrogen) atoms. The smallest absolute Gasteiger partial charge is 0.255 e. The van der Waals surface area contributed by atoms with Gasteiger partial charge in [0.05, 0.1) is 23.9 Å². The molecule has 1 aliphatic rings. The van der Waals surface area contributed by atoms with E-state index in [1.807, 2.05) is 30.2 Å². The minimum atomic E-state index is -0.687. The minimum absolute atomic E-state index is 0.0403. The summed E-state index contributed by atoms with van der Waals surface area (Å²) in [5.74, 6) is -0.186. The number of fused-ring (bicyclic) bond motifs is 1. The van der Waals surface area contributed by atoms with Crippen molar-refractivity contribution in [3.05, 3.63) is 59.7 Å². The maximum atomic E-state index is 15.0. The predicted molar refractivity (Wildman–Crippen MR) is 148 cm³/mol. The van der Waals surface area contributed by atoms with Crippen LogP contribution in [-0.4, -0.2) is 86.7 Å². The molecule has 0 unspecified atom stereocenters. The predicted octanol–water partition coefficient (Wildman–Crippen LogP) is 4.20. The zero-order valence-electron chi connectivity index (χ0n) is 23.0. The van der Waals surface area contributed by atoms with Crippen LogP contribution >= 0.6 is 0 Å². The third-order valence-corrected chi connectivity index (χ3v) is 6.98. The van der Waals surface area contributed by atoms with Gasteiger partial charge in [0.1, 0.15) is 22.9 Å². The molecule has 5 rings (SSSR count). The van der Waals surface area contributed by atoms with Gasteiger partial charge in [0.15, 0.2) is 11.6 Å². The first-order chi connectivity index (χ1) is 19.2. The number of carbonyl (C=O) groups is 1. The number of anilines is 2. The Hall–Kier alpha value is -4.03. The maximum Gasteiger partial charge on any atom is 0.255 e. The highest BCUT2D eigenvalue weighted by Gasteiger charge is 2.22. The number of aryl methyl sites for hydroxylation is 1. The summed E-state index contributed by atoms with van der Waals surface area (Å²) in [6.45, 7) is 10.1. The number of pyridine rings is 1. The molecule has 1 aromatic carbocycles. The largest absolute Gasteiger partial charge is 0.383 e. The van der Waals surface area contributed by atoms with Crippen molar-refractivity contribution in [1.82, 2.24) is 34.3 Å². The van der Waals surface area contributed by atoms with Crippen LogP contribution in [0.1, 0.15) is 36.1 Å². The number of piperazine rings is 1. The summed E-state index contributed by atoms with van der Waals surface area (Å²) in [6.07, 6.45) is 2.52. The van der Waals surface area contributed by atoms with Crippen molar-refractivity contribution in [3.63, 3.8) is 0 Å². The summed E-state index contributed by atoms with van der Waals surface area (Å²) in [7, 11) is 1.68. The van der Waals surface area contributed by atoms with Crippen LogP contribution < -0.4 is 5.32 Å². The molecule has 3 aromatic heterocycles. The molecule has 4 heterocycles. The van der Waals surface area contributed by atoms with Crippen molar-refractivity contribution in [3.8, 4) is 11.3 Å². The number of carbonyl (C=O) groups excluding carboxylic acids is 1. The molecule has 0 saturated carbocycles. The lowest BCUT2D eigenvalue weighted by Gasteiger charge is -2.34. The zero-order valence-corrected chi connectivity index (χ0v) is 23.0. The first kappa shape index (κ1) is 27.5. The number of methoxy groups -OCH3 is 1. The fraction of sp³-hybridized carbons (Fsp3) is 0.393. The fourth-order valence-corrected chi connectivity index (χ4v) is 4.97. The standard InChI is InChI=1S/C28H32F2N8O2/c1-17(2)38-18(3)33-26-21(29)13-20(14-23(26)38)25-22(30)16-32-28(35-25)34-24-6-5-19(15-31-24)27(39)37-9-7-36(8-10-37)11-12-40-4/h5-6,13-17H,7-12H2,1-4H3,(H,31,32,34,35). The quantitative estimate of drug-likeness (QED) is 0.348. The van der Waals surface area contributed by atoms with Gasteiger partial charge >= 0.3 is 0 Å². The second-order valence-corrected chi connectivity index (χ2v) is 10.0. The SMILES string of the molecule is COCCN1CCN(C(=O)c2ccc(Nc3ncc(F)c(-c4cc(F)c5nc(C)n(C(C)C)c5c4)n3)nc2)CC1. The van der Waals surface area contributed by atoms with E-state index in [0.717, 1.165) is 25.8 Å². The van der Waals surface area contributed by atoms with Crippen LogP contribution in [0.2, 0.25) is 0 Å². The second kappa shape index (κ2) is 11.6. The van der Waals surface area contributed by atoms with Crippen LogP contribution in [0.4, 0.5) is 20.5 Å². The molecule has 10 nitrogen and oxygen atoms in total. The molecule has 12 heteroatoms. The Labute approximate surface area is 231 Å². The molecule has 0 radical (unpaired) electrons. The third kappa shape index (κ3) is 5.63. The topological polar surface area (TPSA) is 101 Å². The summed E-state index contributed by atoms with van der Waals surface area (Å²) >= 11 is 0. The van der Waals surface area contributed by atoms with Crippen LogP contribution in [0.25, 0.3) is 22.3 Å². The third-order valence-electron chi connectivity index (χ3n) is 6.98. The monoisotopic (exact) mass is 550 g/mol. The van der Waals surface area contributed by atoms with Crippen molar-refractivity contribution in [2.45, 2.75) is 26.8 Å². The number of hydrogen-bond donors (Lipinski definition) is 1. The van der Waals surface area contributed by atoms with Gasteiger partial charge in [-0.3, -0.25) is 9.69 Å². The molecule has 1 saturated heterocycles. The number of imidazole rings is 1. The molecule has 0 aliphatic carbocycles. The molecule has 0 atom stereocenters. The van der Waals surface area contributed by atoms with Gasteiger partial charge in [-0.25, -0.2) is 28.7 Å². The number of hydrogen-bond acceptors (Lipinski definition) is 8. The lowest BCUT2D eigenvalue weighted by atomic mass is 10.1. The molecule has 0 bridgehead atoms.